The Labute approximate surface area is 50.4 Å². The molecule has 0 amide bonds. The molecule has 0 nitrogen and oxygen atoms in total. The van der Waals surface area contributed by atoms with Crippen LogP contribution in [0, 0.1) is 6.92 Å². The van der Waals surface area contributed by atoms with Crippen LogP contribution in [0.1, 0.15) is 19.3 Å². The third-order valence-electron chi connectivity index (χ3n) is 0.813. The molecule has 0 aromatic heterocycles. The normalized spacial score (nSPS) is 10.8. The first-order valence-corrected chi connectivity index (χ1v) is 2.92. The van der Waals surface area contributed by atoms with E-state index in [1.807, 2.05) is 12.2 Å². The van der Waals surface area contributed by atoms with Gasteiger partial charge < -0.3 is 0 Å². The first-order valence-electron chi connectivity index (χ1n) is 2.92. The molecule has 0 rings (SSSR count). The summed E-state index contributed by atoms with van der Waals surface area (Å²) in [7, 11) is 0. The fourth-order valence-electron chi connectivity index (χ4n) is 0.417. The van der Waals surface area contributed by atoms with Gasteiger partial charge in [-0.1, -0.05) is 19.1 Å². The third-order valence-corrected chi connectivity index (χ3v) is 0.813. The van der Waals surface area contributed by atoms with E-state index in [2.05, 4.69) is 6.92 Å². The van der Waals surface area contributed by atoms with Gasteiger partial charge in [-0.05, 0) is 19.3 Å². The van der Waals surface area contributed by atoms with Gasteiger partial charge in [0.25, 0.3) is 0 Å². The van der Waals surface area contributed by atoms with Crippen molar-refractivity contribution in [2.24, 2.45) is 0 Å². The predicted octanol–water partition coefficient (Wildman–Crippen LogP) is 2.52. The Kier molecular flexibility index (Phi) is 6.39. The van der Waals surface area contributed by atoms with Gasteiger partial charge >= 0.3 is 0 Å². The van der Waals surface area contributed by atoms with Gasteiger partial charge in [0.15, 0.2) is 0 Å². The van der Waals surface area contributed by atoms with Crippen LogP contribution in [0.2, 0.25) is 0 Å². The molecule has 0 aromatic rings. The number of rotatable bonds is 4. The maximum absolute atomic E-state index is 11.4. The number of unbranched alkanes of at least 4 members (excludes halogenated alkanes) is 1. The Morgan fingerprint density at radius 1 is 1.25 bits per heavy atom. The highest BCUT2D eigenvalue weighted by molar-refractivity contribution is 4.81. The van der Waals surface area contributed by atoms with Crippen LogP contribution in [-0.2, 0) is 0 Å². The minimum absolute atomic E-state index is 0.242. The molecule has 47 valence electrons. The van der Waals surface area contributed by atoms with Crippen LogP contribution < -0.4 is 0 Å². The molecule has 0 unspecified atom stereocenters. The summed E-state index contributed by atoms with van der Waals surface area (Å²) in [4.78, 5) is 0. The van der Waals surface area contributed by atoms with E-state index in [-0.39, 0.29) is 6.67 Å². The maximum atomic E-state index is 11.4. The molecule has 0 atom stereocenters. The minimum atomic E-state index is -0.242. The summed E-state index contributed by atoms with van der Waals surface area (Å²) in [5.41, 5.74) is 0. The molecular weight excluding hydrogens is 103 g/mol. The van der Waals surface area contributed by atoms with Crippen molar-refractivity contribution in [3.63, 3.8) is 0 Å². The molecule has 0 spiro atoms. The van der Waals surface area contributed by atoms with Crippen molar-refractivity contribution in [3.05, 3.63) is 19.1 Å². The van der Waals surface area contributed by atoms with Gasteiger partial charge in [0, 0.05) is 0 Å². The standard InChI is InChI=1S/C7H12F/c1-2-3-4-5-6-7-8/h4-5H,1-3,6-7H2/b5-4+. The molecule has 1 radical (unpaired) electrons. The van der Waals surface area contributed by atoms with E-state index in [0.29, 0.717) is 6.42 Å². The van der Waals surface area contributed by atoms with Crippen LogP contribution in [-0.4, -0.2) is 6.67 Å². The SMILES string of the molecule is [CH2]CC/C=C/CCF. The average Bonchev–Trinajstić information content (AvgIpc) is 1.81. The summed E-state index contributed by atoms with van der Waals surface area (Å²) in [6.07, 6.45) is 6.25. The fraction of sp³-hybridized carbons (Fsp3) is 0.571. The highest BCUT2D eigenvalue weighted by Gasteiger charge is 1.74. The molecule has 0 aliphatic heterocycles. The number of hydrogen-bond donors (Lipinski definition) is 0. The summed E-state index contributed by atoms with van der Waals surface area (Å²) in [6, 6.07) is 0. The van der Waals surface area contributed by atoms with Crippen molar-refractivity contribution in [2.45, 2.75) is 19.3 Å². The number of halogens is 1. The molecule has 8 heavy (non-hydrogen) atoms. The Balaban J connectivity index is 2.83. The lowest BCUT2D eigenvalue weighted by molar-refractivity contribution is 0.501. The van der Waals surface area contributed by atoms with Crippen molar-refractivity contribution in [2.75, 3.05) is 6.67 Å². The van der Waals surface area contributed by atoms with Crippen LogP contribution in [0.5, 0.6) is 0 Å². The van der Waals surface area contributed by atoms with E-state index in [0.717, 1.165) is 12.8 Å². The molecule has 0 aliphatic carbocycles. The Morgan fingerprint density at radius 3 is 2.38 bits per heavy atom. The summed E-state index contributed by atoms with van der Waals surface area (Å²) in [5, 5.41) is 0. The lowest BCUT2D eigenvalue weighted by Gasteiger charge is -1.81. The summed E-state index contributed by atoms with van der Waals surface area (Å²) in [5.74, 6) is 0. The zero-order valence-corrected chi connectivity index (χ0v) is 5.07. The highest BCUT2D eigenvalue weighted by Crippen LogP contribution is 1.90. The largest absolute Gasteiger partial charge is 0.251 e. The second-order valence-electron chi connectivity index (χ2n) is 1.59. The molecule has 0 fully saturated rings. The van der Waals surface area contributed by atoms with E-state index < -0.39 is 0 Å². The minimum Gasteiger partial charge on any atom is -0.251 e. The van der Waals surface area contributed by atoms with E-state index in [1.165, 1.54) is 0 Å². The topological polar surface area (TPSA) is 0 Å². The van der Waals surface area contributed by atoms with Crippen molar-refractivity contribution in [3.8, 4) is 0 Å². The van der Waals surface area contributed by atoms with Crippen molar-refractivity contribution < 1.29 is 4.39 Å². The van der Waals surface area contributed by atoms with E-state index in [9.17, 15) is 4.39 Å². The second kappa shape index (κ2) is 6.67. The quantitative estimate of drug-likeness (QED) is 0.494. The van der Waals surface area contributed by atoms with Crippen LogP contribution in [0.25, 0.3) is 0 Å². The van der Waals surface area contributed by atoms with E-state index >= 15 is 0 Å². The van der Waals surface area contributed by atoms with Crippen molar-refractivity contribution >= 4 is 0 Å². The monoisotopic (exact) mass is 115 g/mol. The van der Waals surface area contributed by atoms with Crippen LogP contribution in [0.3, 0.4) is 0 Å². The average molecular weight is 115 g/mol. The van der Waals surface area contributed by atoms with Gasteiger partial charge in [-0.25, -0.2) is 0 Å². The van der Waals surface area contributed by atoms with Gasteiger partial charge in [-0.15, -0.1) is 0 Å². The smallest absolute Gasteiger partial charge is 0.0928 e. The van der Waals surface area contributed by atoms with Crippen molar-refractivity contribution in [1.82, 2.24) is 0 Å². The van der Waals surface area contributed by atoms with E-state index in [1.54, 1.807) is 0 Å². The molecule has 1 heteroatoms. The lowest BCUT2D eigenvalue weighted by atomic mass is 10.3. The molecule has 0 saturated carbocycles. The number of allylic oxidation sites excluding steroid dienone is 2. The Morgan fingerprint density at radius 2 is 1.88 bits per heavy atom. The molecule has 0 saturated heterocycles. The summed E-state index contributed by atoms with van der Waals surface area (Å²) in [6.45, 7) is 3.40. The van der Waals surface area contributed by atoms with Gasteiger partial charge in [0.2, 0.25) is 0 Å². The molecular formula is C7H12F. The molecule has 0 aliphatic rings. The number of hydrogen-bond acceptors (Lipinski definition) is 0. The van der Waals surface area contributed by atoms with Gasteiger partial charge in [0.05, 0.1) is 6.67 Å². The van der Waals surface area contributed by atoms with Crippen molar-refractivity contribution in [1.29, 1.82) is 0 Å². The first-order chi connectivity index (χ1) is 3.91. The summed E-state index contributed by atoms with van der Waals surface area (Å²) < 4.78 is 11.4. The Bertz CT molecular complexity index is 49.4. The van der Waals surface area contributed by atoms with E-state index in [4.69, 9.17) is 0 Å². The number of alkyl halides is 1. The zero-order chi connectivity index (χ0) is 6.24. The van der Waals surface area contributed by atoms with Crippen LogP contribution in [0.4, 0.5) is 4.39 Å². The lowest BCUT2D eigenvalue weighted by Crippen LogP contribution is -1.67. The zero-order valence-electron chi connectivity index (χ0n) is 5.07. The molecule has 0 aromatic carbocycles. The highest BCUT2D eigenvalue weighted by atomic mass is 19.1. The molecule has 0 bridgehead atoms. The maximum Gasteiger partial charge on any atom is 0.0928 e. The summed E-state index contributed by atoms with van der Waals surface area (Å²) >= 11 is 0. The Hall–Kier alpha value is -0.330. The second-order valence-corrected chi connectivity index (χ2v) is 1.59. The fourth-order valence-corrected chi connectivity index (χ4v) is 0.417. The van der Waals surface area contributed by atoms with Crippen LogP contribution >= 0.6 is 0 Å². The first kappa shape index (κ1) is 7.67. The van der Waals surface area contributed by atoms with Gasteiger partial charge in [-0.3, -0.25) is 4.39 Å². The predicted molar refractivity (Wildman–Crippen MR) is 34.3 cm³/mol. The van der Waals surface area contributed by atoms with Gasteiger partial charge in [-0.2, -0.15) is 0 Å². The van der Waals surface area contributed by atoms with Crippen LogP contribution in [0.15, 0.2) is 12.2 Å². The third kappa shape index (κ3) is 5.67. The molecule has 0 N–H and O–H groups in total. The molecule has 0 heterocycles. The van der Waals surface area contributed by atoms with Gasteiger partial charge in [0.1, 0.15) is 0 Å².